The first-order chi connectivity index (χ1) is 7.48. The van der Waals surface area contributed by atoms with Crippen molar-refractivity contribution in [1.29, 1.82) is 0 Å². The molecule has 0 radical (unpaired) electrons. The molecule has 0 aromatic carbocycles. The first kappa shape index (κ1) is 13.4. The maximum atomic E-state index is 12.0. The molecule has 0 unspecified atom stereocenters. The van der Waals surface area contributed by atoms with Gasteiger partial charge in [-0.1, -0.05) is 6.92 Å². The third-order valence-electron chi connectivity index (χ3n) is 2.65. The zero-order valence-electron chi connectivity index (χ0n) is 9.42. The van der Waals surface area contributed by atoms with Crippen molar-refractivity contribution in [1.82, 2.24) is 8.61 Å². The summed E-state index contributed by atoms with van der Waals surface area (Å²) >= 11 is 0. The molecular formula is C9H18N2O4S. The Morgan fingerprint density at radius 1 is 1.38 bits per heavy atom. The summed E-state index contributed by atoms with van der Waals surface area (Å²) in [6.45, 7) is 3.17. The van der Waals surface area contributed by atoms with Crippen LogP contribution in [0, 0.1) is 0 Å². The molecule has 1 saturated heterocycles. The SMILES string of the molecule is CCN(CCC(=O)O)S(=O)(=O)N1CCCC1. The molecule has 1 aliphatic rings. The molecule has 1 aliphatic heterocycles. The Balaban J connectivity index is 2.66. The summed E-state index contributed by atoms with van der Waals surface area (Å²) in [6, 6.07) is 0. The van der Waals surface area contributed by atoms with Gasteiger partial charge in [0.1, 0.15) is 0 Å². The van der Waals surface area contributed by atoms with Crippen LogP contribution in [0.1, 0.15) is 26.2 Å². The highest BCUT2D eigenvalue weighted by molar-refractivity contribution is 7.86. The smallest absolute Gasteiger partial charge is 0.304 e. The highest BCUT2D eigenvalue weighted by Gasteiger charge is 2.30. The molecule has 16 heavy (non-hydrogen) atoms. The van der Waals surface area contributed by atoms with Crippen molar-refractivity contribution in [2.45, 2.75) is 26.2 Å². The third-order valence-corrected chi connectivity index (χ3v) is 4.76. The van der Waals surface area contributed by atoms with Crippen LogP contribution >= 0.6 is 0 Å². The number of aliphatic carboxylic acids is 1. The van der Waals surface area contributed by atoms with Gasteiger partial charge in [-0.2, -0.15) is 17.0 Å². The van der Waals surface area contributed by atoms with Gasteiger partial charge in [-0.25, -0.2) is 0 Å². The van der Waals surface area contributed by atoms with Gasteiger partial charge in [-0.15, -0.1) is 0 Å². The van der Waals surface area contributed by atoms with Gasteiger partial charge in [0.15, 0.2) is 0 Å². The van der Waals surface area contributed by atoms with E-state index >= 15 is 0 Å². The average Bonchev–Trinajstić information content (AvgIpc) is 2.70. The Labute approximate surface area is 96.0 Å². The van der Waals surface area contributed by atoms with Crippen molar-refractivity contribution in [2.24, 2.45) is 0 Å². The van der Waals surface area contributed by atoms with E-state index in [1.165, 1.54) is 8.61 Å². The summed E-state index contributed by atoms with van der Waals surface area (Å²) in [7, 11) is -3.44. The van der Waals surface area contributed by atoms with E-state index in [9.17, 15) is 13.2 Å². The van der Waals surface area contributed by atoms with Crippen molar-refractivity contribution in [3.63, 3.8) is 0 Å². The quantitative estimate of drug-likeness (QED) is 0.726. The molecule has 0 bridgehead atoms. The van der Waals surface area contributed by atoms with E-state index in [2.05, 4.69) is 0 Å². The number of carboxylic acids is 1. The van der Waals surface area contributed by atoms with Gasteiger partial charge >= 0.3 is 5.97 Å². The van der Waals surface area contributed by atoms with Crippen molar-refractivity contribution in [2.75, 3.05) is 26.2 Å². The molecular weight excluding hydrogens is 232 g/mol. The zero-order chi connectivity index (χ0) is 12.2. The molecule has 0 aromatic heterocycles. The fraction of sp³-hybridized carbons (Fsp3) is 0.889. The fourth-order valence-electron chi connectivity index (χ4n) is 1.74. The van der Waals surface area contributed by atoms with E-state index in [1.54, 1.807) is 6.92 Å². The van der Waals surface area contributed by atoms with Crippen LogP contribution in [0.15, 0.2) is 0 Å². The predicted molar refractivity (Wildman–Crippen MR) is 59.2 cm³/mol. The van der Waals surface area contributed by atoms with Crippen LogP contribution in [0.2, 0.25) is 0 Å². The van der Waals surface area contributed by atoms with Gasteiger partial charge in [-0.3, -0.25) is 4.79 Å². The van der Waals surface area contributed by atoms with Crippen LogP contribution in [-0.2, 0) is 15.0 Å². The van der Waals surface area contributed by atoms with Crippen LogP contribution in [-0.4, -0.2) is 54.3 Å². The molecule has 94 valence electrons. The lowest BCUT2D eigenvalue weighted by Crippen LogP contribution is -2.43. The average molecular weight is 250 g/mol. The molecule has 7 heteroatoms. The van der Waals surface area contributed by atoms with Crippen molar-refractivity contribution in [3.05, 3.63) is 0 Å². The zero-order valence-corrected chi connectivity index (χ0v) is 10.2. The number of rotatable bonds is 6. The first-order valence-electron chi connectivity index (χ1n) is 5.45. The molecule has 0 aliphatic carbocycles. The maximum absolute atomic E-state index is 12.0. The molecule has 0 aromatic rings. The molecule has 0 amide bonds. The van der Waals surface area contributed by atoms with Gasteiger partial charge < -0.3 is 5.11 Å². The topological polar surface area (TPSA) is 77.9 Å². The highest BCUT2D eigenvalue weighted by atomic mass is 32.2. The van der Waals surface area contributed by atoms with Crippen LogP contribution < -0.4 is 0 Å². The van der Waals surface area contributed by atoms with E-state index in [-0.39, 0.29) is 13.0 Å². The van der Waals surface area contributed by atoms with Gasteiger partial charge in [-0.05, 0) is 12.8 Å². The second-order valence-corrected chi connectivity index (χ2v) is 5.68. The summed E-state index contributed by atoms with van der Waals surface area (Å²) in [5.41, 5.74) is 0. The molecule has 6 nitrogen and oxygen atoms in total. The predicted octanol–water partition coefficient (Wildman–Crippen LogP) is 0.124. The first-order valence-corrected chi connectivity index (χ1v) is 6.85. The Morgan fingerprint density at radius 3 is 2.38 bits per heavy atom. The van der Waals surface area contributed by atoms with E-state index in [1.807, 2.05) is 0 Å². The van der Waals surface area contributed by atoms with E-state index in [4.69, 9.17) is 5.11 Å². The fourth-order valence-corrected chi connectivity index (χ4v) is 3.43. The molecule has 1 heterocycles. The van der Waals surface area contributed by atoms with Crippen LogP contribution in [0.3, 0.4) is 0 Å². The van der Waals surface area contributed by atoms with Gasteiger partial charge in [0.2, 0.25) is 0 Å². The second-order valence-electron chi connectivity index (χ2n) is 3.75. The van der Waals surface area contributed by atoms with E-state index in [0.717, 1.165) is 12.8 Å². The lowest BCUT2D eigenvalue weighted by atomic mass is 10.4. The standard InChI is InChI=1S/C9H18N2O4S/c1-2-10(8-5-9(12)13)16(14,15)11-6-3-4-7-11/h2-8H2,1H3,(H,12,13). The highest BCUT2D eigenvalue weighted by Crippen LogP contribution is 2.16. The molecule has 0 atom stereocenters. The van der Waals surface area contributed by atoms with Gasteiger partial charge in [0, 0.05) is 26.2 Å². The summed E-state index contributed by atoms with van der Waals surface area (Å²) in [5, 5.41) is 8.55. The van der Waals surface area contributed by atoms with E-state index < -0.39 is 16.2 Å². The van der Waals surface area contributed by atoms with Crippen molar-refractivity contribution < 1.29 is 18.3 Å². The van der Waals surface area contributed by atoms with Crippen LogP contribution in [0.25, 0.3) is 0 Å². The maximum Gasteiger partial charge on any atom is 0.304 e. The lowest BCUT2D eigenvalue weighted by Gasteiger charge is -2.25. The number of hydrogen-bond acceptors (Lipinski definition) is 3. The number of nitrogens with zero attached hydrogens (tertiary/aromatic N) is 2. The van der Waals surface area contributed by atoms with Crippen LogP contribution in [0.5, 0.6) is 0 Å². The van der Waals surface area contributed by atoms with Gasteiger partial charge in [0.05, 0.1) is 6.42 Å². The third kappa shape index (κ3) is 3.16. The molecule has 0 spiro atoms. The van der Waals surface area contributed by atoms with Crippen LogP contribution in [0.4, 0.5) is 0 Å². The number of carbonyl (C=O) groups is 1. The Kier molecular flexibility index (Phi) is 4.69. The van der Waals surface area contributed by atoms with Gasteiger partial charge in [0.25, 0.3) is 10.2 Å². The molecule has 1 N–H and O–H groups in total. The summed E-state index contributed by atoms with van der Waals surface area (Å²) in [5.74, 6) is -0.977. The minimum absolute atomic E-state index is 0.0463. The lowest BCUT2D eigenvalue weighted by molar-refractivity contribution is -0.137. The minimum atomic E-state index is -3.44. The Hall–Kier alpha value is -0.660. The minimum Gasteiger partial charge on any atom is -0.481 e. The van der Waals surface area contributed by atoms with Crippen molar-refractivity contribution in [3.8, 4) is 0 Å². The Bertz CT molecular complexity index is 335. The summed E-state index contributed by atoms with van der Waals surface area (Å²) in [4.78, 5) is 10.4. The second kappa shape index (κ2) is 5.60. The van der Waals surface area contributed by atoms with E-state index in [0.29, 0.717) is 19.6 Å². The summed E-state index contributed by atoms with van der Waals surface area (Å²) in [6.07, 6.45) is 1.62. The molecule has 1 rings (SSSR count). The van der Waals surface area contributed by atoms with Crippen molar-refractivity contribution >= 4 is 16.2 Å². The Morgan fingerprint density at radius 2 is 1.94 bits per heavy atom. The molecule has 0 saturated carbocycles. The number of carboxylic acid groups (broad SMARTS) is 1. The molecule has 1 fully saturated rings. The summed E-state index contributed by atoms with van der Waals surface area (Å²) < 4.78 is 26.7. The number of hydrogen-bond donors (Lipinski definition) is 1. The normalized spacial score (nSPS) is 18.1. The largest absolute Gasteiger partial charge is 0.481 e. The monoisotopic (exact) mass is 250 g/mol.